The summed E-state index contributed by atoms with van der Waals surface area (Å²) in [7, 11) is 0. The lowest BCUT2D eigenvalue weighted by molar-refractivity contribution is 0.180. The van der Waals surface area contributed by atoms with E-state index in [1.54, 1.807) is 0 Å². The first kappa shape index (κ1) is 18.6. The van der Waals surface area contributed by atoms with E-state index in [-0.39, 0.29) is 0 Å². The lowest BCUT2D eigenvalue weighted by Crippen LogP contribution is -2.42. The van der Waals surface area contributed by atoms with E-state index in [9.17, 15) is 0 Å². The molecular formula is C22H35N3. The molecule has 0 amide bonds. The van der Waals surface area contributed by atoms with Gasteiger partial charge in [-0.15, -0.1) is 0 Å². The molecule has 0 radical (unpaired) electrons. The Labute approximate surface area is 153 Å². The van der Waals surface area contributed by atoms with Crippen LogP contribution in [0.3, 0.4) is 0 Å². The third-order valence-corrected chi connectivity index (χ3v) is 5.88. The molecule has 1 heterocycles. The number of rotatable bonds is 7. The summed E-state index contributed by atoms with van der Waals surface area (Å²) in [6.07, 6.45) is 10.1. The summed E-state index contributed by atoms with van der Waals surface area (Å²) in [6.45, 7) is 6.90. The average molecular weight is 342 g/mol. The Morgan fingerprint density at radius 2 is 1.92 bits per heavy atom. The van der Waals surface area contributed by atoms with Gasteiger partial charge in [0.25, 0.3) is 0 Å². The van der Waals surface area contributed by atoms with E-state index in [0.717, 1.165) is 25.0 Å². The van der Waals surface area contributed by atoms with Gasteiger partial charge in [0.1, 0.15) is 0 Å². The summed E-state index contributed by atoms with van der Waals surface area (Å²) in [4.78, 5) is 2.74. The van der Waals surface area contributed by atoms with E-state index < -0.39 is 0 Å². The molecule has 0 aromatic heterocycles. The Balaban J connectivity index is 1.40. The van der Waals surface area contributed by atoms with Gasteiger partial charge < -0.3 is 11.1 Å². The second kappa shape index (κ2) is 9.51. The molecule has 1 saturated heterocycles. The molecule has 3 rings (SSSR count). The molecule has 1 saturated carbocycles. The van der Waals surface area contributed by atoms with Crippen molar-refractivity contribution >= 4 is 6.08 Å². The van der Waals surface area contributed by atoms with Gasteiger partial charge in [-0.05, 0) is 63.5 Å². The molecule has 3 nitrogen and oxygen atoms in total. The fraction of sp³-hybridized carbons (Fsp3) is 0.636. The molecular weight excluding hydrogens is 306 g/mol. The van der Waals surface area contributed by atoms with Gasteiger partial charge in [0, 0.05) is 31.7 Å². The highest BCUT2D eigenvalue weighted by atomic mass is 15.2. The van der Waals surface area contributed by atoms with Crippen molar-refractivity contribution in [3.8, 4) is 0 Å². The van der Waals surface area contributed by atoms with Crippen molar-refractivity contribution in [3.63, 3.8) is 0 Å². The number of hydrogen-bond acceptors (Lipinski definition) is 3. The first-order valence-electron chi connectivity index (χ1n) is 10.1. The predicted octanol–water partition coefficient (Wildman–Crippen LogP) is 3.66. The summed E-state index contributed by atoms with van der Waals surface area (Å²) in [5.74, 6) is 0.875. The highest BCUT2D eigenvalue weighted by molar-refractivity contribution is 5.52. The van der Waals surface area contributed by atoms with Gasteiger partial charge in [0.15, 0.2) is 0 Å². The third-order valence-electron chi connectivity index (χ3n) is 5.88. The quantitative estimate of drug-likeness (QED) is 0.795. The second-order valence-electron chi connectivity index (χ2n) is 8.10. The molecule has 2 fully saturated rings. The summed E-state index contributed by atoms with van der Waals surface area (Å²) in [5.41, 5.74) is 8.74. The summed E-state index contributed by atoms with van der Waals surface area (Å²) in [5, 5.41) is 3.69. The topological polar surface area (TPSA) is 41.3 Å². The Hall–Kier alpha value is -1.16. The fourth-order valence-electron chi connectivity index (χ4n) is 4.39. The van der Waals surface area contributed by atoms with E-state index in [2.05, 4.69) is 53.5 Å². The summed E-state index contributed by atoms with van der Waals surface area (Å²) in [6, 6.07) is 11.8. The zero-order valence-electron chi connectivity index (χ0n) is 15.8. The number of nitrogens with zero attached hydrogens (tertiary/aromatic N) is 1. The van der Waals surface area contributed by atoms with Crippen molar-refractivity contribution in [1.82, 2.24) is 10.2 Å². The van der Waals surface area contributed by atoms with Crippen LogP contribution in [0.25, 0.3) is 6.08 Å². The zero-order valence-corrected chi connectivity index (χ0v) is 15.8. The van der Waals surface area contributed by atoms with Crippen LogP contribution in [0.5, 0.6) is 0 Å². The van der Waals surface area contributed by atoms with Gasteiger partial charge in [-0.3, -0.25) is 4.90 Å². The normalized spacial score (nSPS) is 28.4. The van der Waals surface area contributed by atoms with Crippen molar-refractivity contribution in [2.45, 2.75) is 57.5 Å². The highest BCUT2D eigenvalue weighted by Gasteiger charge is 2.28. The standard InChI is InChI=1S/C22H35N3/c1-18(14-19-6-3-2-4-7-19)15-24-16-22-8-5-13-25(22)17-20-9-11-21(23)12-10-20/h2-4,6-7,14,20-22,24H,5,8-13,15-17,23H2,1H3/t20?,21?,22-/m0/s1. The largest absolute Gasteiger partial charge is 0.328 e. The van der Waals surface area contributed by atoms with Crippen LogP contribution in [0.2, 0.25) is 0 Å². The first-order valence-corrected chi connectivity index (χ1v) is 10.1. The van der Waals surface area contributed by atoms with Crippen LogP contribution in [0.4, 0.5) is 0 Å². The van der Waals surface area contributed by atoms with Crippen LogP contribution in [-0.2, 0) is 0 Å². The van der Waals surface area contributed by atoms with Crippen molar-refractivity contribution < 1.29 is 0 Å². The zero-order chi connectivity index (χ0) is 17.5. The third kappa shape index (κ3) is 5.95. The van der Waals surface area contributed by atoms with Crippen molar-refractivity contribution in [1.29, 1.82) is 0 Å². The van der Waals surface area contributed by atoms with Gasteiger partial charge >= 0.3 is 0 Å². The molecule has 0 bridgehead atoms. The van der Waals surface area contributed by atoms with E-state index in [1.165, 1.54) is 62.8 Å². The SMILES string of the molecule is CC(=Cc1ccccc1)CNC[C@@H]1CCCN1CC1CCC(N)CC1. The predicted molar refractivity (Wildman–Crippen MR) is 107 cm³/mol. The number of hydrogen-bond donors (Lipinski definition) is 2. The lowest BCUT2D eigenvalue weighted by atomic mass is 9.86. The average Bonchev–Trinajstić information content (AvgIpc) is 3.05. The maximum atomic E-state index is 6.05. The smallest absolute Gasteiger partial charge is 0.0221 e. The molecule has 1 aliphatic heterocycles. The fourth-order valence-corrected chi connectivity index (χ4v) is 4.39. The van der Waals surface area contributed by atoms with Crippen molar-refractivity contribution in [3.05, 3.63) is 41.5 Å². The van der Waals surface area contributed by atoms with Crippen LogP contribution >= 0.6 is 0 Å². The van der Waals surface area contributed by atoms with E-state index >= 15 is 0 Å². The minimum absolute atomic E-state index is 0.465. The molecule has 138 valence electrons. The van der Waals surface area contributed by atoms with E-state index in [0.29, 0.717) is 6.04 Å². The number of nitrogens with two attached hydrogens (primary N) is 1. The van der Waals surface area contributed by atoms with E-state index in [1.807, 2.05) is 0 Å². The molecule has 1 aliphatic carbocycles. The molecule has 0 unspecified atom stereocenters. The minimum atomic E-state index is 0.465. The Morgan fingerprint density at radius 1 is 1.16 bits per heavy atom. The molecule has 0 spiro atoms. The van der Waals surface area contributed by atoms with Crippen molar-refractivity contribution in [2.75, 3.05) is 26.2 Å². The van der Waals surface area contributed by atoms with Gasteiger partial charge in [0.2, 0.25) is 0 Å². The summed E-state index contributed by atoms with van der Waals surface area (Å²) >= 11 is 0. The second-order valence-corrected chi connectivity index (χ2v) is 8.10. The molecule has 1 atom stereocenters. The van der Waals surface area contributed by atoms with Gasteiger partial charge in [0.05, 0.1) is 0 Å². The molecule has 1 aromatic carbocycles. The van der Waals surface area contributed by atoms with Crippen LogP contribution < -0.4 is 11.1 Å². The number of nitrogens with one attached hydrogen (secondary N) is 1. The van der Waals surface area contributed by atoms with Gasteiger partial charge in [-0.25, -0.2) is 0 Å². The molecule has 2 aliphatic rings. The molecule has 3 N–H and O–H groups in total. The number of benzene rings is 1. The molecule has 1 aromatic rings. The lowest BCUT2D eigenvalue weighted by Gasteiger charge is -2.32. The highest BCUT2D eigenvalue weighted by Crippen LogP contribution is 2.27. The van der Waals surface area contributed by atoms with E-state index in [4.69, 9.17) is 5.73 Å². The van der Waals surface area contributed by atoms with Gasteiger partial charge in [-0.1, -0.05) is 42.0 Å². The van der Waals surface area contributed by atoms with Crippen LogP contribution in [0.1, 0.15) is 51.0 Å². The minimum Gasteiger partial charge on any atom is -0.328 e. The van der Waals surface area contributed by atoms with Crippen LogP contribution in [0, 0.1) is 5.92 Å². The van der Waals surface area contributed by atoms with Crippen LogP contribution in [0.15, 0.2) is 35.9 Å². The van der Waals surface area contributed by atoms with Crippen molar-refractivity contribution in [2.24, 2.45) is 11.7 Å². The maximum Gasteiger partial charge on any atom is 0.0221 e. The summed E-state index contributed by atoms with van der Waals surface area (Å²) < 4.78 is 0. The Bertz CT molecular complexity index is 531. The first-order chi connectivity index (χ1) is 12.2. The molecule has 3 heteroatoms. The van der Waals surface area contributed by atoms with Gasteiger partial charge in [-0.2, -0.15) is 0 Å². The Morgan fingerprint density at radius 3 is 2.68 bits per heavy atom. The monoisotopic (exact) mass is 341 g/mol. The Kier molecular flexibility index (Phi) is 7.09. The van der Waals surface area contributed by atoms with Crippen LogP contribution in [-0.4, -0.2) is 43.2 Å². The number of likely N-dealkylation sites (tertiary alicyclic amines) is 1. The maximum absolute atomic E-state index is 6.05. The molecule has 25 heavy (non-hydrogen) atoms.